The average Bonchev–Trinajstić information content (AvgIpc) is 3.19. The third kappa shape index (κ3) is 4.55. The van der Waals surface area contributed by atoms with Crippen molar-refractivity contribution in [2.75, 3.05) is 19.6 Å². The van der Waals surface area contributed by atoms with Gasteiger partial charge in [-0.3, -0.25) is 4.79 Å². The quantitative estimate of drug-likeness (QED) is 0.728. The van der Waals surface area contributed by atoms with Crippen LogP contribution in [0.25, 0.3) is 5.69 Å². The molecular weight excluding hydrogens is 366 g/mol. The van der Waals surface area contributed by atoms with Gasteiger partial charge in [0, 0.05) is 32.1 Å². The highest BCUT2D eigenvalue weighted by molar-refractivity contribution is 7.89. The van der Waals surface area contributed by atoms with E-state index in [1.165, 1.54) is 16.7 Å². The van der Waals surface area contributed by atoms with Crippen LogP contribution in [0, 0.1) is 0 Å². The number of sulfonamides is 1. The van der Waals surface area contributed by atoms with Crippen LogP contribution in [0.5, 0.6) is 0 Å². The zero-order valence-electron chi connectivity index (χ0n) is 15.1. The van der Waals surface area contributed by atoms with Gasteiger partial charge in [0.15, 0.2) is 0 Å². The molecule has 3 rings (SSSR count). The fourth-order valence-corrected chi connectivity index (χ4v) is 4.87. The van der Waals surface area contributed by atoms with E-state index in [0.717, 1.165) is 24.9 Å². The molecule has 0 bridgehead atoms. The highest BCUT2D eigenvalue weighted by Gasteiger charge is 2.34. The molecule has 1 aliphatic heterocycles. The number of aromatic nitrogens is 2. The lowest BCUT2D eigenvalue weighted by Crippen LogP contribution is -2.49. The smallest absolute Gasteiger partial charge is 0.246 e. The molecule has 2 heterocycles. The molecule has 0 spiro atoms. The summed E-state index contributed by atoms with van der Waals surface area (Å²) in [5, 5.41) is 6.99. The number of nitrogens with one attached hydrogen (secondary N) is 1. The first kappa shape index (κ1) is 19.5. The summed E-state index contributed by atoms with van der Waals surface area (Å²) in [6.45, 7) is 1.01. The maximum atomic E-state index is 13.2. The minimum atomic E-state index is -3.68. The van der Waals surface area contributed by atoms with Gasteiger partial charge in [-0.05, 0) is 25.0 Å². The standard InChI is InChI=1S/C18H25N5O3S/c19-10-9-18(24)20-12-16-8-4-5-11-23(16)27(25,26)17-13-21-22(14-17)15-6-2-1-3-7-15/h1-3,6-7,13-14,16H,4-5,8-12,19H2,(H,20,24). The van der Waals surface area contributed by atoms with Gasteiger partial charge in [-0.2, -0.15) is 9.40 Å². The number of rotatable bonds is 7. The van der Waals surface area contributed by atoms with E-state index in [1.807, 2.05) is 30.3 Å². The number of para-hydroxylation sites is 1. The average molecular weight is 391 g/mol. The molecule has 146 valence electrons. The number of piperidine rings is 1. The van der Waals surface area contributed by atoms with Crippen LogP contribution in [0.2, 0.25) is 0 Å². The van der Waals surface area contributed by atoms with E-state index in [4.69, 9.17) is 5.73 Å². The first-order valence-corrected chi connectivity index (χ1v) is 10.5. The van der Waals surface area contributed by atoms with Crippen molar-refractivity contribution in [1.82, 2.24) is 19.4 Å². The highest BCUT2D eigenvalue weighted by atomic mass is 32.2. The van der Waals surface area contributed by atoms with Crippen molar-refractivity contribution in [2.45, 2.75) is 36.6 Å². The third-order valence-corrected chi connectivity index (χ3v) is 6.57. The largest absolute Gasteiger partial charge is 0.354 e. The van der Waals surface area contributed by atoms with Gasteiger partial charge in [-0.15, -0.1) is 0 Å². The van der Waals surface area contributed by atoms with Crippen molar-refractivity contribution >= 4 is 15.9 Å². The summed E-state index contributed by atoms with van der Waals surface area (Å²) < 4.78 is 29.3. The van der Waals surface area contributed by atoms with E-state index < -0.39 is 10.0 Å². The topological polar surface area (TPSA) is 110 Å². The second kappa shape index (κ2) is 8.64. The fourth-order valence-electron chi connectivity index (χ4n) is 3.24. The maximum absolute atomic E-state index is 13.2. The predicted molar refractivity (Wildman–Crippen MR) is 102 cm³/mol. The van der Waals surface area contributed by atoms with Crippen molar-refractivity contribution in [2.24, 2.45) is 5.73 Å². The summed E-state index contributed by atoms with van der Waals surface area (Å²) in [7, 11) is -3.68. The second-order valence-electron chi connectivity index (χ2n) is 6.56. The van der Waals surface area contributed by atoms with E-state index in [0.29, 0.717) is 13.1 Å². The predicted octanol–water partition coefficient (Wildman–Crippen LogP) is 0.881. The van der Waals surface area contributed by atoms with Crippen LogP contribution in [0.4, 0.5) is 0 Å². The summed E-state index contributed by atoms with van der Waals surface area (Å²) in [6, 6.07) is 9.10. The van der Waals surface area contributed by atoms with Gasteiger partial charge in [0.1, 0.15) is 4.90 Å². The second-order valence-corrected chi connectivity index (χ2v) is 8.45. The van der Waals surface area contributed by atoms with Gasteiger partial charge < -0.3 is 11.1 Å². The Kier molecular flexibility index (Phi) is 6.25. The summed E-state index contributed by atoms with van der Waals surface area (Å²) in [4.78, 5) is 11.9. The molecule has 0 radical (unpaired) electrons. The lowest BCUT2D eigenvalue weighted by atomic mass is 10.1. The molecule has 1 aromatic heterocycles. The lowest BCUT2D eigenvalue weighted by Gasteiger charge is -2.34. The summed E-state index contributed by atoms with van der Waals surface area (Å²) in [6.07, 6.45) is 5.61. The van der Waals surface area contributed by atoms with Crippen LogP contribution < -0.4 is 11.1 Å². The Bertz CT molecular complexity index is 866. The number of hydrogen-bond donors (Lipinski definition) is 2. The van der Waals surface area contributed by atoms with Crippen molar-refractivity contribution in [3.63, 3.8) is 0 Å². The maximum Gasteiger partial charge on any atom is 0.246 e. The van der Waals surface area contributed by atoms with Crippen LogP contribution in [0.15, 0.2) is 47.6 Å². The normalized spacial score (nSPS) is 18.3. The fraction of sp³-hybridized carbons (Fsp3) is 0.444. The molecular formula is C18H25N5O3S. The molecule has 1 fully saturated rings. The first-order valence-electron chi connectivity index (χ1n) is 9.11. The van der Waals surface area contributed by atoms with Gasteiger partial charge in [-0.1, -0.05) is 24.6 Å². The van der Waals surface area contributed by atoms with Crippen LogP contribution in [-0.4, -0.2) is 54.1 Å². The Morgan fingerprint density at radius 2 is 2.04 bits per heavy atom. The van der Waals surface area contributed by atoms with Crippen LogP contribution in [-0.2, 0) is 14.8 Å². The van der Waals surface area contributed by atoms with E-state index in [2.05, 4.69) is 10.4 Å². The molecule has 1 amide bonds. The SMILES string of the molecule is NCCC(=O)NCC1CCCCN1S(=O)(=O)c1cnn(-c2ccccc2)c1. The summed E-state index contributed by atoms with van der Waals surface area (Å²) in [5.41, 5.74) is 6.18. The number of nitrogens with zero attached hydrogens (tertiary/aromatic N) is 3. The Balaban J connectivity index is 1.77. The molecule has 2 aromatic rings. The van der Waals surface area contributed by atoms with E-state index in [9.17, 15) is 13.2 Å². The number of hydrogen-bond acceptors (Lipinski definition) is 5. The van der Waals surface area contributed by atoms with Gasteiger partial charge in [0.25, 0.3) is 0 Å². The van der Waals surface area contributed by atoms with Gasteiger partial charge >= 0.3 is 0 Å². The van der Waals surface area contributed by atoms with Crippen molar-refractivity contribution < 1.29 is 13.2 Å². The number of benzene rings is 1. The lowest BCUT2D eigenvalue weighted by molar-refractivity contribution is -0.121. The Morgan fingerprint density at radius 3 is 2.78 bits per heavy atom. The molecule has 1 aliphatic rings. The molecule has 0 saturated carbocycles. The van der Waals surface area contributed by atoms with E-state index >= 15 is 0 Å². The van der Waals surface area contributed by atoms with E-state index in [1.54, 1.807) is 4.68 Å². The Hall–Kier alpha value is -2.23. The van der Waals surface area contributed by atoms with Crippen molar-refractivity contribution in [1.29, 1.82) is 0 Å². The zero-order valence-corrected chi connectivity index (χ0v) is 15.9. The summed E-state index contributed by atoms with van der Waals surface area (Å²) >= 11 is 0. The number of carbonyl (C=O) groups is 1. The number of amides is 1. The molecule has 1 unspecified atom stereocenters. The molecule has 9 heteroatoms. The molecule has 1 aromatic carbocycles. The molecule has 0 aliphatic carbocycles. The number of carbonyl (C=O) groups excluding carboxylic acids is 1. The molecule has 27 heavy (non-hydrogen) atoms. The van der Waals surface area contributed by atoms with E-state index in [-0.39, 0.29) is 29.8 Å². The third-order valence-electron chi connectivity index (χ3n) is 4.67. The molecule has 8 nitrogen and oxygen atoms in total. The molecule has 3 N–H and O–H groups in total. The monoisotopic (exact) mass is 391 g/mol. The molecule has 1 atom stereocenters. The van der Waals surface area contributed by atoms with Crippen LogP contribution >= 0.6 is 0 Å². The van der Waals surface area contributed by atoms with Crippen LogP contribution in [0.1, 0.15) is 25.7 Å². The van der Waals surface area contributed by atoms with Crippen molar-refractivity contribution in [3.05, 3.63) is 42.7 Å². The molecule has 1 saturated heterocycles. The van der Waals surface area contributed by atoms with Gasteiger partial charge in [-0.25, -0.2) is 13.1 Å². The minimum Gasteiger partial charge on any atom is -0.354 e. The Labute approximate surface area is 159 Å². The van der Waals surface area contributed by atoms with Crippen LogP contribution in [0.3, 0.4) is 0 Å². The first-order chi connectivity index (χ1) is 13.0. The van der Waals surface area contributed by atoms with Gasteiger partial charge in [0.05, 0.1) is 18.1 Å². The van der Waals surface area contributed by atoms with Crippen molar-refractivity contribution in [3.8, 4) is 5.69 Å². The van der Waals surface area contributed by atoms with Gasteiger partial charge in [0.2, 0.25) is 15.9 Å². The zero-order chi connectivity index (χ0) is 19.3. The number of nitrogens with two attached hydrogens (primary N) is 1. The Morgan fingerprint density at radius 1 is 1.26 bits per heavy atom. The minimum absolute atomic E-state index is 0.155. The summed E-state index contributed by atoms with van der Waals surface area (Å²) in [5.74, 6) is -0.155. The highest BCUT2D eigenvalue weighted by Crippen LogP contribution is 2.25.